The topological polar surface area (TPSA) is 110 Å². The Bertz CT molecular complexity index is 163. The summed E-state index contributed by atoms with van der Waals surface area (Å²) in [5, 5.41) is 16.7. The van der Waals surface area contributed by atoms with Crippen molar-refractivity contribution in [3.8, 4) is 0 Å². The number of hydrogen-bond donors (Lipinski definition) is 2. The Balaban J connectivity index is 3.99. The highest BCUT2D eigenvalue weighted by Gasteiger charge is 2.33. The highest BCUT2D eigenvalue weighted by Crippen LogP contribution is 1.98. The van der Waals surface area contributed by atoms with Crippen molar-refractivity contribution in [2.75, 3.05) is 0 Å². The van der Waals surface area contributed by atoms with E-state index in [0.29, 0.717) is 6.92 Å². The Labute approximate surface area is 59.6 Å². The molecule has 0 rings (SSSR count). The molecule has 0 saturated carbocycles. The summed E-state index contributed by atoms with van der Waals surface area (Å²) < 4.78 is 12.5. The lowest BCUT2D eigenvalue weighted by atomic mass is 10.6. The maximum absolute atomic E-state index is 12.5. The number of hydrogen-bond acceptors (Lipinski definition) is 4. The third kappa shape index (κ3) is 4.81. The fraction of sp³-hybridized carbons (Fsp3) is 1.00. The third-order valence-corrected chi connectivity index (χ3v) is 0.602. The summed E-state index contributed by atoms with van der Waals surface area (Å²) in [7, 11) is 0. The molecule has 11 heavy (non-hydrogen) atoms. The number of nitro groups is 2. The fourth-order valence-electron chi connectivity index (χ4n) is 0.368. The van der Waals surface area contributed by atoms with Crippen molar-refractivity contribution in [1.29, 1.82) is 0 Å². The van der Waals surface area contributed by atoms with Gasteiger partial charge >= 0.3 is 5.92 Å². The molecular formula is C2H5FN4O4. The van der Waals surface area contributed by atoms with Crippen LogP contribution in [0.3, 0.4) is 0 Å². The highest BCUT2D eigenvalue weighted by molar-refractivity contribution is 4.52. The van der Waals surface area contributed by atoms with E-state index in [1.807, 2.05) is 0 Å². The van der Waals surface area contributed by atoms with Gasteiger partial charge in [-0.15, -0.1) is 0 Å². The van der Waals surface area contributed by atoms with Gasteiger partial charge in [-0.25, -0.2) is 20.2 Å². The van der Waals surface area contributed by atoms with Crippen LogP contribution in [0.15, 0.2) is 0 Å². The molecule has 0 aromatic heterocycles. The van der Waals surface area contributed by atoms with Crippen molar-refractivity contribution in [2.45, 2.75) is 12.8 Å². The zero-order chi connectivity index (χ0) is 9.07. The summed E-state index contributed by atoms with van der Waals surface area (Å²) in [5.74, 6) is -2.85. The van der Waals surface area contributed by atoms with Gasteiger partial charge in [-0.3, -0.25) is 0 Å². The molecule has 0 aliphatic carbocycles. The van der Waals surface area contributed by atoms with Crippen molar-refractivity contribution in [1.82, 2.24) is 10.9 Å². The number of hydrazine groups is 2. The van der Waals surface area contributed by atoms with E-state index >= 15 is 0 Å². The molecule has 0 aromatic rings. The molecule has 2 N–H and O–H groups in total. The molecule has 0 radical (unpaired) electrons. The molecule has 8 nitrogen and oxygen atoms in total. The minimum Gasteiger partial charge on any atom is -0.235 e. The number of halogens is 1. The zero-order valence-corrected chi connectivity index (χ0v) is 5.41. The largest absolute Gasteiger partial charge is 0.352 e. The first-order chi connectivity index (χ1) is 4.83. The average Bonchev–Trinajstić information content (AvgIpc) is 1.53. The molecule has 0 amide bonds. The maximum Gasteiger partial charge on any atom is 0.352 e. The van der Waals surface area contributed by atoms with Gasteiger partial charge in [0, 0.05) is 6.92 Å². The van der Waals surface area contributed by atoms with Crippen LogP contribution >= 0.6 is 0 Å². The van der Waals surface area contributed by atoms with Gasteiger partial charge in [0.05, 0.1) is 0 Å². The lowest BCUT2D eigenvalue weighted by Crippen LogP contribution is -2.55. The number of rotatable bonds is 4. The van der Waals surface area contributed by atoms with Crippen LogP contribution in [0.4, 0.5) is 4.39 Å². The number of alkyl halides is 1. The average molecular weight is 168 g/mol. The summed E-state index contributed by atoms with van der Waals surface area (Å²) >= 11 is 0. The third-order valence-electron chi connectivity index (χ3n) is 0.602. The fourth-order valence-corrected chi connectivity index (χ4v) is 0.368. The Kier molecular flexibility index (Phi) is 2.50. The Morgan fingerprint density at radius 2 is 1.55 bits per heavy atom. The minimum atomic E-state index is -2.85. The first-order valence-electron chi connectivity index (χ1n) is 2.37. The molecule has 0 atom stereocenters. The molecule has 0 aliphatic rings. The molecule has 0 fully saturated rings. The van der Waals surface area contributed by atoms with E-state index in [1.165, 1.54) is 0 Å². The van der Waals surface area contributed by atoms with Gasteiger partial charge < -0.3 is 0 Å². The molecule has 0 aromatic carbocycles. The van der Waals surface area contributed by atoms with Gasteiger partial charge in [-0.05, 0) is 0 Å². The van der Waals surface area contributed by atoms with Gasteiger partial charge in [-0.1, -0.05) is 10.9 Å². The molecule has 9 heteroatoms. The van der Waals surface area contributed by atoms with Gasteiger partial charge in [0.2, 0.25) is 0 Å². The van der Waals surface area contributed by atoms with E-state index in [2.05, 4.69) is 0 Å². The van der Waals surface area contributed by atoms with Gasteiger partial charge in [0.15, 0.2) is 10.1 Å². The highest BCUT2D eigenvalue weighted by atomic mass is 19.1. The second kappa shape index (κ2) is 2.94. The van der Waals surface area contributed by atoms with Crippen molar-refractivity contribution < 1.29 is 14.5 Å². The van der Waals surface area contributed by atoms with Crippen LogP contribution in [0.1, 0.15) is 6.92 Å². The summed E-state index contributed by atoms with van der Waals surface area (Å²) in [5.41, 5.74) is 2.11. The van der Waals surface area contributed by atoms with Gasteiger partial charge in [-0.2, -0.15) is 4.39 Å². The lowest BCUT2D eigenvalue weighted by molar-refractivity contribution is -0.620. The van der Waals surface area contributed by atoms with Crippen molar-refractivity contribution in [3.63, 3.8) is 0 Å². The van der Waals surface area contributed by atoms with E-state index in [-0.39, 0.29) is 0 Å². The van der Waals surface area contributed by atoms with E-state index in [0.717, 1.165) is 10.9 Å². The summed E-state index contributed by atoms with van der Waals surface area (Å²) in [6.07, 6.45) is 0. The van der Waals surface area contributed by atoms with Gasteiger partial charge in [0.25, 0.3) is 0 Å². The van der Waals surface area contributed by atoms with E-state index < -0.39 is 16.0 Å². The monoisotopic (exact) mass is 168 g/mol. The molecule has 0 heterocycles. The standard InChI is InChI=1S/C2H5FN4O4/c1-2(3,4-6(8)9)5-7(10)11/h4-5H,1H3. The summed E-state index contributed by atoms with van der Waals surface area (Å²) in [6.45, 7) is 0.610. The molecule has 64 valence electrons. The second-order valence-corrected chi connectivity index (χ2v) is 1.74. The van der Waals surface area contributed by atoms with Crippen molar-refractivity contribution in [3.05, 3.63) is 20.2 Å². The smallest absolute Gasteiger partial charge is 0.235 e. The Morgan fingerprint density at radius 3 is 1.73 bits per heavy atom. The molecule has 0 spiro atoms. The van der Waals surface area contributed by atoms with Crippen LogP contribution in [0, 0.1) is 20.2 Å². The molecule has 0 unspecified atom stereocenters. The van der Waals surface area contributed by atoms with Crippen LogP contribution < -0.4 is 10.9 Å². The summed E-state index contributed by atoms with van der Waals surface area (Å²) in [4.78, 5) is 19.2. The predicted molar refractivity (Wildman–Crippen MR) is 29.8 cm³/mol. The minimum absolute atomic E-state index is 0.610. The van der Waals surface area contributed by atoms with Crippen LogP contribution in [-0.2, 0) is 0 Å². The Morgan fingerprint density at radius 1 is 1.27 bits per heavy atom. The van der Waals surface area contributed by atoms with Crippen molar-refractivity contribution >= 4 is 0 Å². The molecule has 0 bridgehead atoms. The molecular weight excluding hydrogens is 163 g/mol. The first kappa shape index (κ1) is 9.33. The maximum atomic E-state index is 12.5. The van der Waals surface area contributed by atoms with Crippen LogP contribution in [-0.4, -0.2) is 16.0 Å². The Hall–Kier alpha value is -1.67. The summed E-state index contributed by atoms with van der Waals surface area (Å²) in [6, 6.07) is 0. The van der Waals surface area contributed by atoms with E-state index in [9.17, 15) is 24.6 Å². The van der Waals surface area contributed by atoms with E-state index in [1.54, 1.807) is 0 Å². The zero-order valence-electron chi connectivity index (χ0n) is 5.41. The second-order valence-electron chi connectivity index (χ2n) is 1.74. The number of nitrogens with zero attached hydrogens (tertiary/aromatic N) is 2. The molecule has 0 aliphatic heterocycles. The first-order valence-corrected chi connectivity index (χ1v) is 2.37. The number of nitrogens with one attached hydrogen (secondary N) is 2. The van der Waals surface area contributed by atoms with Crippen LogP contribution in [0.2, 0.25) is 0 Å². The SMILES string of the molecule is CC(F)(N[N+](=O)[O-])N[N+](=O)[O-]. The van der Waals surface area contributed by atoms with Crippen LogP contribution in [0.25, 0.3) is 0 Å². The van der Waals surface area contributed by atoms with Crippen LogP contribution in [0.5, 0.6) is 0 Å². The lowest BCUT2D eigenvalue weighted by Gasteiger charge is -2.11. The quantitative estimate of drug-likeness (QED) is 0.246. The molecule has 0 saturated heterocycles. The van der Waals surface area contributed by atoms with Crippen molar-refractivity contribution in [2.24, 2.45) is 0 Å². The normalized spacial score (nSPS) is 10.4. The van der Waals surface area contributed by atoms with E-state index in [4.69, 9.17) is 0 Å². The van der Waals surface area contributed by atoms with Gasteiger partial charge in [0.1, 0.15) is 0 Å². The predicted octanol–water partition coefficient (Wildman–Crippen LogP) is -0.808.